The van der Waals surface area contributed by atoms with Crippen LogP contribution in [-0.4, -0.2) is 53.1 Å². The van der Waals surface area contributed by atoms with E-state index in [2.05, 4.69) is 58.8 Å². The number of rotatable bonds is 0. The van der Waals surface area contributed by atoms with Gasteiger partial charge >= 0.3 is 0 Å². The summed E-state index contributed by atoms with van der Waals surface area (Å²) in [7, 11) is 6.59. The summed E-state index contributed by atoms with van der Waals surface area (Å²) in [5, 5.41) is 0. The summed E-state index contributed by atoms with van der Waals surface area (Å²) in [4.78, 5) is 0. The second-order valence-corrected chi connectivity index (χ2v) is 82.1. The molecule has 0 aromatic carbocycles. The van der Waals surface area contributed by atoms with Crippen molar-refractivity contribution in [1.29, 1.82) is 0 Å². The van der Waals surface area contributed by atoms with Crippen molar-refractivity contribution in [3.8, 4) is 0 Å². The minimum absolute atomic E-state index is 0.748. The van der Waals surface area contributed by atoms with Gasteiger partial charge in [-0.1, -0.05) is 39.3 Å². The molecule has 0 N–H and O–H groups in total. The highest BCUT2D eigenvalue weighted by atomic mass is 30.8. The van der Waals surface area contributed by atoms with Crippen LogP contribution in [0, 0.1) is 0 Å². The highest BCUT2D eigenvalue weighted by molar-refractivity contribution is 8.56. The van der Waals surface area contributed by atoms with Gasteiger partial charge in [-0.3, -0.25) is 0 Å². The third-order valence-corrected chi connectivity index (χ3v) is 213. The van der Waals surface area contributed by atoms with Crippen molar-refractivity contribution in [3.63, 3.8) is 0 Å². The summed E-state index contributed by atoms with van der Waals surface area (Å²) in [6.07, 6.45) is -1.65. The van der Waals surface area contributed by atoms with Gasteiger partial charge in [0.1, 0.15) is 0 Å². The first-order valence-electron chi connectivity index (χ1n) is 5.00. The maximum Gasteiger partial charge on any atom is 0.0202 e. The van der Waals surface area contributed by atoms with Crippen LogP contribution in [-0.2, 0) is 0 Å². The highest BCUT2D eigenvalue weighted by Gasteiger charge is 2.98. The molecule has 6 radical (unpaired) electrons. The third-order valence-electron chi connectivity index (χ3n) is 5.62. The van der Waals surface area contributed by atoms with E-state index in [0.717, 1.165) is 0 Å². The molecule has 3 aliphatic rings. The van der Waals surface area contributed by atoms with Gasteiger partial charge < -0.3 is 0 Å². The molecule has 2 bridgehead atoms. The van der Waals surface area contributed by atoms with Crippen LogP contribution in [0.2, 0.25) is 39.3 Å². The Hall–Kier alpha value is 1.52. The zero-order valence-electron chi connectivity index (χ0n) is 9.50. The van der Waals surface area contributed by atoms with Gasteiger partial charge in [0.2, 0.25) is 0 Å². The van der Waals surface area contributed by atoms with Crippen LogP contribution in [0.4, 0.5) is 0 Å². The van der Waals surface area contributed by atoms with Crippen molar-refractivity contribution in [2.24, 2.45) is 0 Å². The SMILES string of the molecule is C[Si]1(C)[Si]2([Si])[Si](C)(C)[Si]1([Si])[Si]2(C)C. The van der Waals surface area contributed by atoms with Crippen LogP contribution in [0.15, 0.2) is 0 Å². The molecule has 0 spiro atoms. The zero-order valence-corrected chi connectivity index (χ0v) is 16.5. The van der Waals surface area contributed by atoms with Gasteiger partial charge in [0, 0.05) is 53.1 Å². The molecular formula is C6H18Si7. The molecule has 3 aliphatic heterocycles. The second kappa shape index (κ2) is 2.13. The van der Waals surface area contributed by atoms with Crippen LogP contribution >= 0.6 is 0 Å². The van der Waals surface area contributed by atoms with Gasteiger partial charge in [-0.25, -0.2) is 0 Å². The lowest BCUT2D eigenvalue weighted by molar-refractivity contribution is 1.83. The van der Waals surface area contributed by atoms with Gasteiger partial charge in [0.15, 0.2) is 0 Å². The van der Waals surface area contributed by atoms with E-state index >= 15 is 0 Å². The fraction of sp³-hybridized carbons (Fsp3) is 1.00. The summed E-state index contributed by atoms with van der Waals surface area (Å²) >= 11 is 0. The molecule has 3 heterocycles. The van der Waals surface area contributed by atoms with Crippen molar-refractivity contribution >= 4 is 53.1 Å². The molecule has 0 aliphatic carbocycles. The van der Waals surface area contributed by atoms with Crippen LogP contribution in [0.3, 0.4) is 0 Å². The van der Waals surface area contributed by atoms with Crippen molar-refractivity contribution in [1.82, 2.24) is 0 Å². The molecule has 3 rings (SSSR count). The molecule has 3 saturated heterocycles. The van der Waals surface area contributed by atoms with Gasteiger partial charge in [-0.15, -0.1) is 0 Å². The molecule has 0 unspecified atom stereocenters. The Bertz CT molecular complexity index is 224. The molecule has 3 fully saturated rings. The first-order chi connectivity index (χ1) is 5.50. The van der Waals surface area contributed by atoms with E-state index < -0.39 is 33.6 Å². The quantitative estimate of drug-likeness (QED) is 0.579. The Balaban J connectivity index is 2.57. The smallest absolute Gasteiger partial charge is 0.0202 e. The van der Waals surface area contributed by atoms with E-state index in [-0.39, 0.29) is 0 Å². The van der Waals surface area contributed by atoms with E-state index in [1.54, 1.807) is 0 Å². The minimum Gasteiger partial charge on any atom is -0.0743 e. The molecule has 0 amide bonds. The molecule has 0 saturated carbocycles. The van der Waals surface area contributed by atoms with Crippen LogP contribution in [0.5, 0.6) is 0 Å². The number of hydrogen-bond acceptors (Lipinski definition) is 0. The van der Waals surface area contributed by atoms with Crippen molar-refractivity contribution in [2.45, 2.75) is 39.3 Å². The lowest BCUT2D eigenvalue weighted by atomic mass is 11.9. The third kappa shape index (κ3) is 0.582. The largest absolute Gasteiger partial charge is 0.0743 e. The van der Waals surface area contributed by atoms with Gasteiger partial charge in [-0.05, 0) is 0 Å². The van der Waals surface area contributed by atoms with Crippen LogP contribution in [0.1, 0.15) is 0 Å². The molecule has 0 aromatic rings. The minimum atomic E-state index is -0.827. The average molecular weight is 287 g/mol. The van der Waals surface area contributed by atoms with Crippen molar-refractivity contribution in [3.05, 3.63) is 0 Å². The van der Waals surface area contributed by atoms with Gasteiger partial charge in [0.05, 0.1) is 0 Å². The molecule has 13 heavy (non-hydrogen) atoms. The molecule has 0 aromatic heterocycles. The Morgan fingerprint density at radius 1 is 0.538 bits per heavy atom. The first kappa shape index (κ1) is 11.0. The fourth-order valence-corrected chi connectivity index (χ4v) is 377. The normalized spacial score (nSPS) is 53.5. The maximum absolute atomic E-state index is 4.41. The van der Waals surface area contributed by atoms with E-state index in [1.807, 2.05) is 0 Å². The Labute approximate surface area is 92.1 Å². The Morgan fingerprint density at radius 2 is 0.692 bits per heavy atom. The van der Waals surface area contributed by atoms with E-state index in [1.165, 1.54) is 0 Å². The average Bonchev–Trinajstić information content (AvgIpc) is 1.99. The van der Waals surface area contributed by atoms with Crippen LogP contribution < -0.4 is 0 Å². The first-order valence-corrected chi connectivity index (χ1v) is 27.0. The maximum atomic E-state index is 4.41. The standard InChI is InChI=1S/C6H18Si7/c1-9(2)12(7)10(3,4)13(9,8)11(12,5)6/h1-6H3. The molecule has 0 nitrogen and oxygen atoms in total. The van der Waals surface area contributed by atoms with Crippen LogP contribution in [0.25, 0.3) is 0 Å². The molecule has 7 heteroatoms. The zero-order chi connectivity index (χ0) is 10.5. The van der Waals surface area contributed by atoms with E-state index in [0.29, 0.717) is 0 Å². The Morgan fingerprint density at radius 3 is 0.769 bits per heavy atom. The lowest BCUT2D eigenvalue weighted by Crippen LogP contribution is -3.29. The fourth-order valence-electron chi connectivity index (χ4n) is 5.34. The monoisotopic (exact) mass is 286 g/mol. The predicted octanol–water partition coefficient (Wildman–Crippen LogP) is 0.837. The predicted molar refractivity (Wildman–Crippen MR) is 75.5 cm³/mol. The summed E-state index contributed by atoms with van der Waals surface area (Å²) in [6.45, 7) is 16.1. The second-order valence-electron chi connectivity index (χ2n) is 6.38. The van der Waals surface area contributed by atoms with Gasteiger partial charge in [0.25, 0.3) is 0 Å². The topological polar surface area (TPSA) is 0 Å². The lowest BCUT2D eigenvalue weighted by Gasteiger charge is -2.95. The number of hydrogen-bond donors (Lipinski definition) is 0. The van der Waals surface area contributed by atoms with Crippen molar-refractivity contribution < 1.29 is 0 Å². The summed E-state index contributed by atoms with van der Waals surface area (Å²) in [6, 6.07) is 0. The summed E-state index contributed by atoms with van der Waals surface area (Å²) in [5.74, 6) is 0. The Kier molecular flexibility index (Phi) is 1.81. The molecular weight excluding hydrogens is 269 g/mol. The molecule has 0 atom stereocenters. The summed E-state index contributed by atoms with van der Waals surface area (Å²) in [5.41, 5.74) is 0. The van der Waals surface area contributed by atoms with Gasteiger partial charge in [-0.2, -0.15) is 0 Å². The summed E-state index contributed by atoms with van der Waals surface area (Å²) < 4.78 is 0. The van der Waals surface area contributed by atoms with E-state index in [4.69, 9.17) is 0 Å². The highest BCUT2D eigenvalue weighted by Crippen LogP contribution is 2.66. The molecule has 70 valence electrons. The van der Waals surface area contributed by atoms with Crippen molar-refractivity contribution in [2.75, 3.05) is 0 Å². The van der Waals surface area contributed by atoms with E-state index in [9.17, 15) is 0 Å².